The fraction of sp³-hybridized carbons (Fsp3) is 0.200. The largest absolute Gasteiger partial charge is 0.508 e. The lowest BCUT2D eigenvalue weighted by molar-refractivity contribution is -0.144. The molecule has 0 radical (unpaired) electrons. The van der Waals surface area contributed by atoms with Gasteiger partial charge in [-0.25, -0.2) is 4.79 Å². The Hall–Kier alpha value is -3.28. The van der Waals surface area contributed by atoms with Crippen LogP contribution in [0.4, 0.5) is 0 Å². The van der Waals surface area contributed by atoms with E-state index in [0.29, 0.717) is 16.5 Å². The zero-order valence-electron chi connectivity index (χ0n) is 14.4. The maximum absolute atomic E-state index is 12.4. The number of phenolic OH excluding ortho intramolecular Hbond substituents is 1. The molecule has 0 aliphatic heterocycles. The molecule has 0 aliphatic carbocycles. The van der Waals surface area contributed by atoms with Crippen LogP contribution in [0.2, 0.25) is 0 Å². The maximum Gasteiger partial charge on any atom is 0.347 e. The number of esters is 1. The van der Waals surface area contributed by atoms with Gasteiger partial charge in [-0.15, -0.1) is 0 Å². The van der Waals surface area contributed by atoms with E-state index in [-0.39, 0.29) is 35.2 Å². The number of carbonyl (C=O) groups excluding carboxylic acids is 1. The number of carbonyl (C=O) groups is 1. The summed E-state index contributed by atoms with van der Waals surface area (Å²) in [5.41, 5.74) is 0.546. The van der Waals surface area contributed by atoms with E-state index < -0.39 is 11.5 Å². The summed E-state index contributed by atoms with van der Waals surface area (Å²) in [4.78, 5) is 24.3. The van der Waals surface area contributed by atoms with Crippen LogP contribution in [-0.2, 0) is 9.53 Å². The molecule has 0 spiro atoms. The van der Waals surface area contributed by atoms with Gasteiger partial charge in [0.15, 0.2) is 0 Å². The maximum atomic E-state index is 12.4. The van der Waals surface area contributed by atoms with Gasteiger partial charge in [0.1, 0.15) is 22.6 Å². The van der Waals surface area contributed by atoms with Crippen molar-refractivity contribution < 1.29 is 24.2 Å². The van der Waals surface area contributed by atoms with Gasteiger partial charge < -0.3 is 19.4 Å². The molecule has 1 unspecified atom stereocenters. The Kier molecular flexibility index (Phi) is 4.67. The molecule has 1 atom stereocenters. The molecule has 3 aromatic rings. The zero-order chi connectivity index (χ0) is 18.8. The Bertz CT molecular complexity index is 1020. The fourth-order valence-corrected chi connectivity index (χ4v) is 2.76. The van der Waals surface area contributed by atoms with E-state index in [1.807, 2.05) is 0 Å². The SMILES string of the molecule is CCOC(=O)C(C)c1ccc2c(O)c(-c3ccc(O)cc3)c(=O)oc2c1. The highest BCUT2D eigenvalue weighted by Crippen LogP contribution is 2.34. The molecular formula is C20H18O6. The van der Waals surface area contributed by atoms with Crippen molar-refractivity contribution in [1.29, 1.82) is 0 Å². The summed E-state index contributed by atoms with van der Waals surface area (Å²) in [6.07, 6.45) is 0. The topological polar surface area (TPSA) is 97.0 Å². The third kappa shape index (κ3) is 3.13. The van der Waals surface area contributed by atoms with Crippen LogP contribution in [0.25, 0.3) is 22.1 Å². The molecule has 134 valence electrons. The molecule has 2 aromatic carbocycles. The summed E-state index contributed by atoms with van der Waals surface area (Å²) < 4.78 is 10.4. The molecule has 0 fully saturated rings. The van der Waals surface area contributed by atoms with E-state index in [4.69, 9.17) is 9.15 Å². The third-order valence-corrected chi connectivity index (χ3v) is 4.20. The number of hydrogen-bond acceptors (Lipinski definition) is 6. The van der Waals surface area contributed by atoms with Crippen molar-refractivity contribution >= 4 is 16.9 Å². The van der Waals surface area contributed by atoms with Crippen LogP contribution in [0.5, 0.6) is 11.5 Å². The minimum atomic E-state index is -0.707. The average molecular weight is 354 g/mol. The summed E-state index contributed by atoms with van der Waals surface area (Å²) in [6.45, 7) is 3.71. The number of benzene rings is 2. The van der Waals surface area contributed by atoms with Crippen LogP contribution in [0.15, 0.2) is 51.7 Å². The lowest BCUT2D eigenvalue weighted by Gasteiger charge is -2.12. The Morgan fingerprint density at radius 3 is 2.50 bits per heavy atom. The van der Waals surface area contributed by atoms with E-state index in [1.165, 1.54) is 24.3 Å². The quantitative estimate of drug-likeness (QED) is 0.549. The van der Waals surface area contributed by atoms with Crippen molar-refractivity contribution in [1.82, 2.24) is 0 Å². The van der Waals surface area contributed by atoms with Gasteiger partial charge in [-0.2, -0.15) is 0 Å². The predicted molar refractivity (Wildman–Crippen MR) is 96.3 cm³/mol. The molecule has 0 aliphatic rings. The molecule has 0 saturated carbocycles. The predicted octanol–water partition coefficient (Wildman–Crippen LogP) is 3.54. The van der Waals surface area contributed by atoms with Crippen LogP contribution >= 0.6 is 0 Å². The summed E-state index contributed by atoms with van der Waals surface area (Å²) in [6, 6.07) is 10.7. The summed E-state index contributed by atoms with van der Waals surface area (Å²) in [5, 5.41) is 20.3. The van der Waals surface area contributed by atoms with Crippen LogP contribution < -0.4 is 5.63 Å². The molecule has 0 amide bonds. The standard InChI is InChI=1S/C20H18O6/c1-3-25-19(23)11(2)13-6-9-15-16(10-13)26-20(24)17(18(15)22)12-4-7-14(21)8-5-12/h4-11,21-22H,3H2,1-2H3. The van der Waals surface area contributed by atoms with Crippen LogP contribution in [0.1, 0.15) is 25.3 Å². The minimum Gasteiger partial charge on any atom is -0.508 e. The lowest BCUT2D eigenvalue weighted by Crippen LogP contribution is -2.13. The number of rotatable bonds is 4. The first-order chi connectivity index (χ1) is 12.4. The molecule has 26 heavy (non-hydrogen) atoms. The van der Waals surface area contributed by atoms with Crippen LogP contribution in [0, 0.1) is 0 Å². The Labute approximate surface area is 149 Å². The van der Waals surface area contributed by atoms with Gasteiger partial charge in [0.25, 0.3) is 0 Å². The second kappa shape index (κ2) is 6.92. The second-order valence-electron chi connectivity index (χ2n) is 5.89. The molecule has 6 nitrogen and oxygen atoms in total. The number of fused-ring (bicyclic) bond motifs is 1. The number of phenols is 1. The summed E-state index contributed by atoms with van der Waals surface area (Å²) in [5.74, 6) is -1.06. The smallest absolute Gasteiger partial charge is 0.347 e. The number of ether oxygens (including phenoxy) is 1. The normalized spacial score (nSPS) is 12.1. The summed E-state index contributed by atoms with van der Waals surface area (Å²) >= 11 is 0. The van der Waals surface area contributed by atoms with Gasteiger partial charge in [0.2, 0.25) is 0 Å². The molecule has 2 N–H and O–H groups in total. The first kappa shape index (κ1) is 17.5. The van der Waals surface area contributed by atoms with Crippen molar-refractivity contribution in [2.24, 2.45) is 0 Å². The highest BCUT2D eigenvalue weighted by atomic mass is 16.5. The van der Waals surface area contributed by atoms with Gasteiger partial charge in [-0.1, -0.05) is 18.2 Å². The highest BCUT2D eigenvalue weighted by molar-refractivity contribution is 5.91. The van der Waals surface area contributed by atoms with Crippen molar-refractivity contribution in [2.45, 2.75) is 19.8 Å². The molecule has 0 saturated heterocycles. The van der Waals surface area contributed by atoms with Gasteiger partial charge in [-0.3, -0.25) is 4.79 Å². The van der Waals surface area contributed by atoms with E-state index in [2.05, 4.69) is 0 Å². The van der Waals surface area contributed by atoms with Crippen molar-refractivity contribution in [2.75, 3.05) is 6.61 Å². The Balaban J connectivity index is 2.11. The van der Waals surface area contributed by atoms with E-state index in [9.17, 15) is 19.8 Å². The first-order valence-electron chi connectivity index (χ1n) is 8.18. The first-order valence-corrected chi connectivity index (χ1v) is 8.18. The van der Waals surface area contributed by atoms with Crippen molar-refractivity contribution in [3.8, 4) is 22.6 Å². The van der Waals surface area contributed by atoms with E-state index in [0.717, 1.165) is 0 Å². The summed E-state index contributed by atoms with van der Waals surface area (Å²) in [7, 11) is 0. The van der Waals surface area contributed by atoms with Gasteiger partial charge >= 0.3 is 11.6 Å². The van der Waals surface area contributed by atoms with Gasteiger partial charge in [-0.05, 0) is 49.2 Å². The molecule has 0 bridgehead atoms. The number of hydrogen-bond donors (Lipinski definition) is 2. The Morgan fingerprint density at radius 2 is 1.85 bits per heavy atom. The Morgan fingerprint density at radius 1 is 1.15 bits per heavy atom. The number of aromatic hydroxyl groups is 2. The van der Waals surface area contributed by atoms with Crippen LogP contribution in [0.3, 0.4) is 0 Å². The van der Waals surface area contributed by atoms with Crippen molar-refractivity contribution in [3.63, 3.8) is 0 Å². The molecule has 1 heterocycles. The van der Waals surface area contributed by atoms with Gasteiger partial charge in [0, 0.05) is 0 Å². The third-order valence-electron chi connectivity index (χ3n) is 4.20. The highest BCUT2D eigenvalue weighted by Gasteiger charge is 2.20. The average Bonchev–Trinajstić information content (AvgIpc) is 2.62. The monoisotopic (exact) mass is 354 g/mol. The van der Waals surface area contributed by atoms with Crippen molar-refractivity contribution in [3.05, 3.63) is 58.4 Å². The lowest BCUT2D eigenvalue weighted by atomic mass is 9.98. The van der Waals surface area contributed by atoms with Gasteiger partial charge in [0.05, 0.1) is 17.9 Å². The molecule has 1 aromatic heterocycles. The van der Waals surface area contributed by atoms with E-state index in [1.54, 1.807) is 32.0 Å². The van der Waals surface area contributed by atoms with E-state index >= 15 is 0 Å². The molecular weight excluding hydrogens is 336 g/mol. The minimum absolute atomic E-state index is 0.0173. The zero-order valence-corrected chi connectivity index (χ0v) is 14.4. The molecule has 6 heteroatoms. The van der Waals surface area contributed by atoms with Crippen LogP contribution in [-0.4, -0.2) is 22.8 Å². The fourth-order valence-electron chi connectivity index (χ4n) is 2.76. The second-order valence-corrected chi connectivity index (χ2v) is 5.89. The molecule has 3 rings (SSSR count).